The lowest BCUT2D eigenvalue weighted by atomic mass is 9.93. The molecule has 0 aliphatic heterocycles. The average Bonchev–Trinajstić information content (AvgIpc) is 2.33. The molecular weight excluding hydrogens is 364 g/mol. The Labute approximate surface area is 132 Å². The quantitative estimate of drug-likeness (QED) is 0.546. The molecular formula is C17H18Br2. The molecule has 0 heterocycles. The van der Waals surface area contributed by atoms with Crippen LogP contribution in [-0.4, -0.2) is 0 Å². The average molecular weight is 382 g/mol. The summed E-state index contributed by atoms with van der Waals surface area (Å²) < 4.78 is 1.18. The van der Waals surface area contributed by atoms with Gasteiger partial charge in [0.1, 0.15) is 0 Å². The molecule has 19 heavy (non-hydrogen) atoms. The van der Waals surface area contributed by atoms with Crippen LogP contribution in [0.25, 0.3) is 0 Å². The summed E-state index contributed by atoms with van der Waals surface area (Å²) in [4.78, 5) is 0.250. The molecule has 0 N–H and O–H groups in total. The van der Waals surface area contributed by atoms with Gasteiger partial charge >= 0.3 is 0 Å². The van der Waals surface area contributed by atoms with Gasteiger partial charge in [-0.05, 0) is 67.1 Å². The fourth-order valence-electron chi connectivity index (χ4n) is 2.46. The Balaban J connectivity index is 2.56. The summed E-state index contributed by atoms with van der Waals surface area (Å²) in [7, 11) is 0. The highest BCUT2D eigenvalue weighted by Gasteiger charge is 2.17. The number of rotatable bonds is 2. The normalized spacial score (nSPS) is 12.5. The molecule has 0 aliphatic carbocycles. The van der Waals surface area contributed by atoms with E-state index in [1.165, 1.54) is 37.9 Å². The Morgan fingerprint density at radius 2 is 1.42 bits per heavy atom. The van der Waals surface area contributed by atoms with Crippen molar-refractivity contribution in [2.75, 3.05) is 0 Å². The Morgan fingerprint density at radius 3 is 2.00 bits per heavy atom. The van der Waals surface area contributed by atoms with Crippen LogP contribution in [0.3, 0.4) is 0 Å². The van der Waals surface area contributed by atoms with Crippen LogP contribution in [0, 0.1) is 27.7 Å². The van der Waals surface area contributed by atoms with E-state index in [9.17, 15) is 0 Å². The predicted molar refractivity (Wildman–Crippen MR) is 90.3 cm³/mol. The smallest absolute Gasteiger partial charge is 0.0652 e. The molecule has 0 nitrogen and oxygen atoms in total. The van der Waals surface area contributed by atoms with Gasteiger partial charge in [-0.3, -0.25) is 0 Å². The van der Waals surface area contributed by atoms with Gasteiger partial charge in [-0.25, -0.2) is 0 Å². The van der Waals surface area contributed by atoms with Gasteiger partial charge < -0.3 is 0 Å². The minimum Gasteiger partial charge on any atom is -0.0786 e. The van der Waals surface area contributed by atoms with Crippen molar-refractivity contribution in [3.8, 4) is 0 Å². The first-order chi connectivity index (χ1) is 8.91. The van der Waals surface area contributed by atoms with Crippen molar-refractivity contribution >= 4 is 31.9 Å². The maximum atomic E-state index is 3.89. The van der Waals surface area contributed by atoms with Gasteiger partial charge in [-0.15, -0.1) is 0 Å². The van der Waals surface area contributed by atoms with E-state index in [1.54, 1.807) is 0 Å². The van der Waals surface area contributed by atoms with E-state index in [0.29, 0.717) is 0 Å². The molecule has 1 unspecified atom stereocenters. The third-order valence-corrected chi connectivity index (χ3v) is 5.42. The molecule has 1 atom stereocenters. The molecule has 0 aromatic heterocycles. The van der Waals surface area contributed by atoms with Gasteiger partial charge in [0.25, 0.3) is 0 Å². The fraction of sp³-hybridized carbons (Fsp3) is 0.294. The molecule has 2 heteroatoms. The van der Waals surface area contributed by atoms with Crippen molar-refractivity contribution in [1.29, 1.82) is 0 Å². The first-order valence-corrected chi connectivity index (χ1v) is 8.09. The second-order valence-corrected chi connectivity index (χ2v) is 6.90. The summed E-state index contributed by atoms with van der Waals surface area (Å²) in [5.74, 6) is 0. The largest absolute Gasteiger partial charge is 0.0786 e. The van der Waals surface area contributed by atoms with Gasteiger partial charge in [0, 0.05) is 4.47 Å². The molecule has 0 saturated carbocycles. The van der Waals surface area contributed by atoms with E-state index in [2.05, 4.69) is 89.9 Å². The summed E-state index contributed by atoms with van der Waals surface area (Å²) in [6.07, 6.45) is 0. The number of aryl methyl sites for hydroxylation is 4. The predicted octanol–water partition coefficient (Wildman–Crippen LogP) is 6.17. The zero-order valence-electron chi connectivity index (χ0n) is 11.7. The van der Waals surface area contributed by atoms with E-state index in [4.69, 9.17) is 0 Å². The first-order valence-electron chi connectivity index (χ1n) is 6.38. The maximum absolute atomic E-state index is 3.89. The van der Waals surface area contributed by atoms with Crippen LogP contribution in [0.1, 0.15) is 38.2 Å². The highest BCUT2D eigenvalue weighted by atomic mass is 79.9. The number of hydrogen-bond acceptors (Lipinski definition) is 0. The standard InChI is InChI=1S/C17H18Br2/c1-10-6-5-7-11(2)16(10)17(19)14-8-13(4)15(18)9-12(14)3/h5-9,17H,1-4H3. The lowest BCUT2D eigenvalue weighted by molar-refractivity contribution is 1.08. The van der Waals surface area contributed by atoms with Crippen LogP contribution < -0.4 is 0 Å². The zero-order chi connectivity index (χ0) is 14.2. The topological polar surface area (TPSA) is 0 Å². The minimum atomic E-state index is 0.250. The molecule has 0 radical (unpaired) electrons. The Morgan fingerprint density at radius 1 is 0.842 bits per heavy atom. The van der Waals surface area contributed by atoms with Crippen LogP contribution >= 0.6 is 31.9 Å². The monoisotopic (exact) mass is 380 g/mol. The lowest BCUT2D eigenvalue weighted by Gasteiger charge is -2.19. The lowest BCUT2D eigenvalue weighted by Crippen LogP contribution is -2.01. The van der Waals surface area contributed by atoms with E-state index < -0.39 is 0 Å². The zero-order valence-corrected chi connectivity index (χ0v) is 14.9. The Hall–Kier alpha value is -0.600. The van der Waals surface area contributed by atoms with Crippen LogP contribution in [0.5, 0.6) is 0 Å². The molecule has 2 rings (SSSR count). The van der Waals surface area contributed by atoms with Crippen LogP contribution in [0.4, 0.5) is 0 Å². The second-order valence-electron chi connectivity index (χ2n) is 5.13. The third kappa shape index (κ3) is 2.95. The minimum absolute atomic E-state index is 0.250. The van der Waals surface area contributed by atoms with E-state index >= 15 is 0 Å². The summed E-state index contributed by atoms with van der Waals surface area (Å²) in [5, 5.41) is 0. The van der Waals surface area contributed by atoms with Crippen molar-refractivity contribution in [2.24, 2.45) is 0 Å². The van der Waals surface area contributed by atoms with Gasteiger partial charge in [0.05, 0.1) is 4.83 Å². The highest BCUT2D eigenvalue weighted by Crippen LogP contribution is 2.38. The third-order valence-electron chi connectivity index (χ3n) is 3.62. The summed E-state index contributed by atoms with van der Waals surface area (Å²) >= 11 is 7.49. The van der Waals surface area contributed by atoms with Crippen LogP contribution in [0.2, 0.25) is 0 Å². The molecule has 0 fully saturated rings. The second kappa shape index (κ2) is 5.80. The van der Waals surface area contributed by atoms with Gasteiger partial charge in [-0.2, -0.15) is 0 Å². The van der Waals surface area contributed by atoms with Crippen molar-refractivity contribution in [3.05, 3.63) is 68.2 Å². The molecule has 0 aliphatic rings. The molecule has 0 spiro atoms. The number of halogens is 2. The molecule has 0 amide bonds. The van der Waals surface area contributed by atoms with Crippen molar-refractivity contribution < 1.29 is 0 Å². The molecule has 0 saturated heterocycles. The number of benzene rings is 2. The highest BCUT2D eigenvalue weighted by molar-refractivity contribution is 9.10. The number of alkyl halides is 1. The Bertz CT molecular complexity index is 595. The first kappa shape index (κ1) is 14.8. The van der Waals surface area contributed by atoms with Gasteiger partial charge in [-0.1, -0.05) is 56.1 Å². The maximum Gasteiger partial charge on any atom is 0.0652 e. The van der Waals surface area contributed by atoms with E-state index in [0.717, 1.165) is 0 Å². The summed E-state index contributed by atoms with van der Waals surface area (Å²) in [6, 6.07) is 10.9. The SMILES string of the molecule is Cc1cc(C(Br)c2c(C)cccc2C)c(C)cc1Br. The summed E-state index contributed by atoms with van der Waals surface area (Å²) in [5.41, 5.74) is 7.98. The fourth-order valence-corrected chi connectivity index (χ4v) is 4.13. The van der Waals surface area contributed by atoms with Gasteiger partial charge in [0.15, 0.2) is 0 Å². The number of hydrogen-bond donors (Lipinski definition) is 0. The molecule has 0 bridgehead atoms. The van der Waals surface area contributed by atoms with E-state index in [1.807, 2.05) is 0 Å². The molecule has 2 aromatic rings. The van der Waals surface area contributed by atoms with E-state index in [-0.39, 0.29) is 4.83 Å². The summed E-state index contributed by atoms with van der Waals surface area (Å²) in [6.45, 7) is 8.66. The van der Waals surface area contributed by atoms with Crippen molar-refractivity contribution in [1.82, 2.24) is 0 Å². The van der Waals surface area contributed by atoms with Crippen molar-refractivity contribution in [2.45, 2.75) is 32.5 Å². The molecule has 2 aromatic carbocycles. The van der Waals surface area contributed by atoms with Gasteiger partial charge in [0.2, 0.25) is 0 Å². The van der Waals surface area contributed by atoms with Crippen molar-refractivity contribution in [3.63, 3.8) is 0 Å². The molecule has 100 valence electrons. The Kier molecular flexibility index (Phi) is 4.52. The van der Waals surface area contributed by atoms with Crippen LogP contribution in [0.15, 0.2) is 34.8 Å². The van der Waals surface area contributed by atoms with Crippen LogP contribution in [-0.2, 0) is 0 Å².